The molecule has 1 aromatic carbocycles. The van der Waals surface area contributed by atoms with Gasteiger partial charge < -0.3 is 11.5 Å². The number of nitrogens with zero attached hydrogens (tertiary/aromatic N) is 2. The van der Waals surface area contributed by atoms with Gasteiger partial charge in [0, 0.05) is 11.6 Å². The van der Waals surface area contributed by atoms with Crippen LogP contribution in [0.3, 0.4) is 0 Å². The molecule has 0 aliphatic heterocycles. The van der Waals surface area contributed by atoms with Crippen molar-refractivity contribution in [3.8, 4) is 0 Å². The number of hydrogen-bond donors (Lipinski definition) is 3. The second-order valence-electron chi connectivity index (χ2n) is 3.84. The van der Waals surface area contributed by atoms with Crippen molar-refractivity contribution >= 4 is 35.9 Å². The van der Waals surface area contributed by atoms with E-state index in [4.69, 9.17) is 28.5 Å². The minimum absolute atomic E-state index is 0. The molecule has 19 heavy (non-hydrogen) atoms. The van der Waals surface area contributed by atoms with E-state index in [0.29, 0.717) is 18.1 Å². The monoisotopic (exact) mass is 303 g/mol. The Morgan fingerprint density at radius 3 is 2.37 bits per heavy atom. The number of nitrogens with one attached hydrogen (secondary N) is 1. The lowest BCUT2D eigenvalue weighted by molar-refractivity contribution is 0.575. The number of rotatable bonds is 4. The first kappa shape index (κ1) is 17.5. The van der Waals surface area contributed by atoms with Gasteiger partial charge in [-0.15, -0.1) is 12.4 Å². The van der Waals surface area contributed by atoms with E-state index >= 15 is 0 Å². The maximum Gasteiger partial charge on any atom is 0.198 e. The van der Waals surface area contributed by atoms with Crippen molar-refractivity contribution in [2.45, 2.75) is 19.9 Å². The summed E-state index contributed by atoms with van der Waals surface area (Å²) in [4.78, 5) is 5.70. The van der Waals surface area contributed by atoms with Gasteiger partial charge in [-0.05, 0) is 24.1 Å². The zero-order valence-electron chi connectivity index (χ0n) is 10.8. The molecule has 0 saturated heterocycles. The van der Waals surface area contributed by atoms with Gasteiger partial charge in [0.25, 0.3) is 0 Å². The topological polar surface area (TPSA) is 91.5 Å². The first-order valence-electron chi connectivity index (χ1n) is 5.70. The van der Waals surface area contributed by atoms with Crippen molar-refractivity contribution in [2.24, 2.45) is 16.5 Å². The lowest BCUT2D eigenvalue weighted by Crippen LogP contribution is -2.45. The Labute approximate surface area is 124 Å². The summed E-state index contributed by atoms with van der Waals surface area (Å²) in [5.74, 6) is 0.175. The van der Waals surface area contributed by atoms with Gasteiger partial charge in [-0.2, -0.15) is 0 Å². The maximum atomic E-state index is 7.42. The largest absolute Gasteiger partial charge is 0.370 e. The van der Waals surface area contributed by atoms with Crippen LogP contribution in [-0.4, -0.2) is 23.4 Å². The fourth-order valence-electron chi connectivity index (χ4n) is 1.43. The molecule has 7 heteroatoms. The summed E-state index contributed by atoms with van der Waals surface area (Å²) in [6, 6.07) is 7.38. The van der Waals surface area contributed by atoms with Crippen LogP contribution in [-0.2, 0) is 6.54 Å². The summed E-state index contributed by atoms with van der Waals surface area (Å²) < 4.78 is 0. The number of halogens is 2. The Hall–Kier alpha value is -1.46. The van der Waals surface area contributed by atoms with Crippen LogP contribution >= 0.6 is 24.0 Å². The Morgan fingerprint density at radius 1 is 1.32 bits per heavy atom. The van der Waals surface area contributed by atoms with Gasteiger partial charge in [0.05, 0.1) is 6.54 Å². The quantitative estimate of drug-likeness (QED) is 0.588. The molecule has 0 atom stereocenters. The molecule has 0 aliphatic rings. The van der Waals surface area contributed by atoms with Gasteiger partial charge in [-0.1, -0.05) is 30.7 Å². The van der Waals surface area contributed by atoms with Crippen molar-refractivity contribution in [2.75, 3.05) is 6.54 Å². The molecule has 0 aromatic heterocycles. The average molecular weight is 304 g/mol. The Bertz CT molecular complexity index is 430. The first-order chi connectivity index (χ1) is 8.54. The van der Waals surface area contributed by atoms with Crippen LogP contribution in [0.4, 0.5) is 0 Å². The molecule has 5 nitrogen and oxygen atoms in total. The van der Waals surface area contributed by atoms with E-state index in [1.165, 1.54) is 4.90 Å². The summed E-state index contributed by atoms with van der Waals surface area (Å²) in [5.41, 5.74) is 12.3. The van der Waals surface area contributed by atoms with E-state index < -0.39 is 0 Å². The van der Waals surface area contributed by atoms with Gasteiger partial charge in [0.2, 0.25) is 0 Å². The van der Waals surface area contributed by atoms with E-state index in [1.54, 1.807) is 12.1 Å². The van der Waals surface area contributed by atoms with Crippen LogP contribution < -0.4 is 11.5 Å². The molecule has 5 N–H and O–H groups in total. The predicted octanol–water partition coefficient (Wildman–Crippen LogP) is 2.18. The van der Waals surface area contributed by atoms with E-state index in [-0.39, 0.29) is 24.3 Å². The molecular weight excluding hydrogens is 285 g/mol. The van der Waals surface area contributed by atoms with E-state index in [1.807, 2.05) is 19.1 Å². The minimum atomic E-state index is -0.0887. The molecule has 0 spiro atoms. The van der Waals surface area contributed by atoms with Crippen molar-refractivity contribution in [1.82, 2.24) is 4.90 Å². The molecule has 0 saturated carbocycles. The highest BCUT2D eigenvalue weighted by molar-refractivity contribution is 6.30. The van der Waals surface area contributed by atoms with Crippen LogP contribution in [0.5, 0.6) is 0 Å². The number of guanidine groups is 2. The minimum Gasteiger partial charge on any atom is -0.370 e. The summed E-state index contributed by atoms with van der Waals surface area (Å²) in [6.07, 6.45) is 0.844. The molecule has 0 amide bonds. The van der Waals surface area contributed by atoms with Crippen LogP contribution in [0.15, 0.2) is 29.3 Å². The number of aliphatic imine (C=N–C) groups is 1. The third-order valence-electron chi connectivity index (χ3n) is 2.35. The van der Waals surface area contributed by atoms with Gasteiger partial charge in [-0.25, -0.2) is 4.99 Å². The number of benzene rings is 1. The fourth-order valence-corrected chi connectivity index (χ4v) is 1.56. The molecule has 106 valence electrons. The highest BCUT2D eigenvalue weighted by Gasteiger charge is 2.09. The predicted molar refractivity (Wildman–Crippen MR) is 82.9 cm³/mol. The SMILES string of the molecule is CCCN(C(=N)N)C(N)=NCc1ccc(Cl)cc1.Cl. The summed E-state index contributed by atoms with van der Waals surface area (Å²) in [6.45, 7) is 3.02. The van der Waals surface area contributed by atoms with Crippen molar-refractivity contribution < 1.29 is 0 Å². The van der Waals surface area contributed by atoms with Crippen LogP contribution in [0.1, 0.15) is 18.9 Å². The van der Waals surface area contributed by atoms with Crippen molar-refractivity contribution in [3.05, 3.63) is 34.9 Å². The van der Waals surface area contributed by atoms with Crippen molar-refractivity contribution in [1.29, 1.82) is 5.41 Å². The Kier molecular flexibility index (Phi) is 7.95. The lowest BCUT2D eigenvalue weighted by atomic mass is 10.2. The molecule has 0 bridgehead atoms. The Balaban J connectivity index is 0.00000324. The maximum absolute atomic E-state index is 7.42. The van der Waals surface area contributed by atoms with E-state index in [9.17, 15) is 0 Å². The van der Waals surface area contributed by atoms with Gasteiger partial charge in [0.1, 0.15) is 0 Å². The highest BCUT2D eigenvalue weighted by atomic mass is 35.5. The lowest BCUT2D eigenvalue weighted by Gasteiger charge is -2.20. The van der Waals surface area contributed by atoms with Crippen LogP contribution in [0, 0.1) is 5.41 Å². The second kappa shape index (κ2) is 8.61. The molecule has 0 heterocycles. The zero-order chi connectivity index (χ0) is 13.5. The van der Waals surface area contributed by atoms with Gasteiger partial charge >= 0.3 is 0 Å². The Morgan fingerprint density at radius 2 is 1.89 bits per heavy atom. The van der Waals surface area contributed by atoms with E-state index in [2.05, 4.69) is 4.99 Å². The zero-order valence-corrected chi connectivity index (χ0v) is 12.3. The normalized spacial score (nSPS) is 10.7. The molecule has 0 radical (unpaired) electrons. The van der Waals surface area contributed by atoms with Crippen LogP contribution in [0.25, 0.3) is 0 Å². The molecule has 0 unspecified atom stereocenters. The number of hydrogen-bond acceptors (Lipinski definition) is 2. The first-order valence-corrected chi connectivity index (χ1v) is 6.08. The molecule has 1 aromatic rings. The molecular formula is C12H19Cl2N5. The molecule has 0 fully saturated rings. The molecule has 0 aliphatic carbocycles. The second-order valence-corrected chi connectivity index (χ2v) is 4.27. The van der Waals surface area contributed by atoms with E-state index in [0.717, 1.165) is 12.0 Å². The van der Waals surface area contributed by atoms with Gasteiger partial charge in [-0.3, -0.25) is 10.3 Å². The van der Waals surface area contributed by atoms with Crippen molar-refractivity contribution in [3.63, 3.8) is 0 Å². The summed E-state index contributed by atoms with van der Waals surface area (Å²) in [5, 5.41) is 8.11. The summed E-state index contributed by atoms with van der Waals surface area (Å²) >= 11 is 5.79. The molecule has 1 rings (SSSR count). The fraction of sp³-hybridized carbons (Fsp3) is 0.333. The van der Waals surface area contributed by atoms with Gasteiger partial charge in [0.15, 0.2) is 11.9 Å². The smallest absolute Gasteiger partial charge is 0.198 e. The third-order valence-corrected chi connectivity index (χ3v) is 2.60. The standard InChI is InChI=1S/C12H18ClN5.ClH/c1-2-7-18(11(14)15)12(16)17-8-9-3-5-10(13)6-4-9;/h3-6H,2,7-8H2,1H3,(H3,14,15)(H2,16,17);1H. The average Bonchev–Trinajstić information content (AvgIpc) is 2.34. The highest BCUT2D eigenvalue weighted by Crippen LogP contribution is 2.10. The summed E-state index contributed by atoms with van der Waals surface area (Å²) in [7, 11) is 0. The third kappa shape index (κ3) is 5.81. The van der Waals surface area contributed by atoms with Crippen LogP contribution in [0.2, 0.25) is 5.02 Å². The number of nitrogens with two attached hydrogens (primary N) is 2.